The molecule has 1 nitrogen and oxygen atoms in total. The second kappa shape index (κ2) is 6.56. The molecule has 108 valence electrons. The van der Waals surface area contributed by atoms with Crippen LogP contribution in [0.2, 0.25) is 0 Å². The number of anilines is 1. The Bertz CT molecular complexity index is 788. The number of nitrogens with zero attached hydrogens (tertiary/aromatic N) is 1. The fourth-order valence-corrected chi connectivity index (χ4v) is 2.77. The van der Waals surface area contributed by atoms with Crippen molar-refractivity contribution < 1.29 is 0 Å². The van der Waals surface area contributed by atoms with Crippen molar-refractivity contribution in [2.45, 2.75) is 6.92 Å². The van der Waals surface area contributed by atoms with E-state index in [-0.39, 0.29) is 0 Å². The predicted octanol–water partition coefficient (Wildman–Crippen LogP) is 5.18. The van der Waals surface area contributed by atoms with Crippen molar-refractivity contribution in [3.05, 3.63) is 77.5 Å². The molecule has 0 amide bonds. The highest BCUT2D eigenvalue weighted by atomic mass is 35.5. The molecule has 0 saturated carbocycles. The molecule has 22 heavy (non-hydrogen) atoms. The van der Waals surface area contributed by atoms with Gasteiger partial charge in [-0.15, -0.1) is 5.92 Å². The summed E-state index contributed by atoms with van der Waals surface area (Å²) in [6.45, 7) is 2.63. The van der Waals surface area contributed by atoms with E-state index in [9.17, 15) is 0 Å². The normalized spacial score (nSPS) is 13.4. The third kappa shape index (κ3) is 2.93. The first-order valence-electron chi connectivity index (χ1n) is 7.21. The number of allylic oxidation sites excluding steroid dienone is 2. The van der Waals surface area contributed by atoms with Crippen LogP contribution in [0.15, 0.2) is 71.9 Å². The largest absolute Gasteiger partial charge is 0.328 e. The SMILES string of the molecule is CC#Cc1ccc(-c2ccccc2N2CC=CC=C2Cl)cc1. The van der Waals surface area contributed by atoms with Gasteiger partial charge in [-0.25, -0.2) is 0 Å². The average Bonchev–Trinajstić information content (AvgIpc) is 2.56. The highest BCUT2D eigenvalue weighted by Crippen LogP contribution is 2.34. The molecule has 0 aliphatic carbocycles. The molecule has 1 aliphatic heterocycles. The summed E-state index contributed by atoms with van der Waals surface area (Å²) >= 11 is 6.36. The topological polar surface area (TPSA) is 3.24 Å². The lowest BCUT2D eigenvalue weighted by Gasteiger charge is -2.26. The number of halogens is 1. The first-order valence-corrected chi connectivity index (χ1v) is 7.59. The van der Waals surface area contributed by atoms with Crippen LogP contribution in [0.25, 0.3) is 11.1 Å². The van der Waals surface area contributed by atoms with Crippen molar-refractivity contribution in [1.29, 1.82) is 0 Å². The zero-order valence-corrected chi connectivity index (χ0v) is 13.1. The Hall–Kier alpha value is -2.43. The van der Waals surface area contributed by atoms with Crippen molar-refractivity contribution in [3.8, 4) is 23.0 Å². The average molecular weight is 306 g/mol. The van der Waals surface area contributed by atoms with E-state index in [2.05, 4.69) is 65.3 Å². The summed E-state index contributed by atoms with van der Waals surface area (Å²) in [5.74, 6) is 5.99. The van der Waals surface area contributed by atoms with Crippen LogP contribution in [-0.4, -0.2) is 6.54 Å². The minimum Gasteiger partial charge on any atom is -0.328 e. The van der Waals surface area contributed by atoms with Crippen LogP contribution in [0.1, 0.15) is 12.5 Å². The first kappa shape index (κ1) is 14.5. The van der Waals surface area contributed by atoms with E-state index in [1.807, 2.05) is 25.1 Å². The maximum atomic E-state index is 6.36. The van der Waals surface area contributed by atoms with Gasteiger partial charge >= 0.3 is 0 Å². The van der Waals surface area contributed by atoms with Gasteiger partial charge in [-0.1, -0.05) is 60.0 Å². The Kier molecular flexibility index (Phi) is 4.32. The van der Waals surface area contributed by atoms with Crippen molar-refractivity contribution in [1.82, 2.24) is 0 Å². The number of hydrogen-bond donors (Lipinski definition) is 0. The van der Waals surface area contributed by atoms with E-state index in [0.717, 1.165) is 28.5 Å². The van der Waals surface area contributed by atoms with E-state index >= 15 is 0 Å². The van der Waals surface area contributed by atoms with E-state index in [1.54, 1.807) is 0 Å². The molecule has 0 saturated heterocycles. The second-order valence-electron chi connectivity index (χ2n) is 5.00. The van der Waals surface area contributed by atoms with Crippen LogP contribution in [0.3, 0.4) is 0 Å². The van der Waals surface area contributed by atoms with Crippen LogP contribution in [0.5, 0.6) is 0 Å². The minimum absolute atomic E-state index is 0.739. The number of para-hydroxylation sites is 1. The summed E-state index contributed by atoms with van der Waals surface area (Å²) < 4.78 is 0. The molecule has 1 heterocycles. The van der Waals surface area contributed by atoms with Gasteiger partial charge in [0.05, 0.1) is 0 Å². The molecule has 0 aromatic heterocycles. The molecule has 2 aromatic carbocycles. The third-order valence-electron chi connectivity index (χ3n) is 3.58. The number of hydrogen-bond acceptors (Lipinski definition) is 1. The zero-order chi connectivity index (χ0) is 15.4. The summed E-state index contributed by atoms with van der Waals surface area (Å²) in [6.07, 6.45) is 6.00. The van der Waals surface area contributed by atoms with Crippen LogP contribution in [0, 0.1) is 11.8 Å². The Balaban J connectivity index is 2.02. The summed E-state index contributed by atoms with van der Waals surface area (Å²) in [6, 6.07) is 16.6. The lowest BCUT2D eigenvalue weighted by atomic mass is 10.0. The maximum absolute atomic E-state index is 6.36. The van der Waals surface area contributed by atoms with Crippen molar-refractivity contribution in [2.24, 2.45) is 0 Å². The molecule has 2 heteroatoms. The number of benzene rings is 2. The van der Waals surface area contributed by atoms with Crippen LogP contribution in [0.4, 0.5) is 5.69 Å². The van der Waals surface area contributed by atoms with Gasteiger partial charge in [-0.05, 0) is 36.8 Å². The highest BCUT2D eigenvalue weighted by molar-refractivity contribution is 6.31. The minimum atomic E-state index is 0.739. The molecule has 3 rings (SSSR count). The van der Waals surface area contributed by atoms with E-state index in [0.29, 0.717) is 0 Å². The molecule has 2 aromatic rings. The number of rotatable bonds is 2. The van der Waals surface area contributed by atoms with Gasteiger partial charge in [-0.2, -0.15) is 0 Å². The van der Waals surface area contributed by atoms with Gasteiger partial charge in [0.25, 0.3) is 0 Å². The van der Waals surface area contributed by atoms with Crippen LogP contribution < -0.4 is 4.90 Å². The van der Waals surface area contributed by atoms with Gasteiger partial charge in [0.15, 0.2) is 0 Å². The molecule has 1 aliphatic rings. The molecule has 0 spiro atoms. The smallest absolute Gasteiger partial charge is 0.109 e. The zero-order valence-electron chi connectivity index (χ0n) is 12.4. The molecule has 0 atom stereocenters. The van der Waals surface area contributed by atoms with E-state index < -0.39 is 0 Å². The van der Waals surface area contributed by atoms with Crippen molar-refractivity contribution in [2.75, 3.05) is 11.4 Å². The predicted molar refractivity (Wildman–Crippen MR) is 94.9 cm³/mol. The van der Waals surface area contributed by atoms with Gasteiger partial charge in [0, 0.05) is 23.4 Å². The maximum Gasteiger partial charge on any atom is 0.109 e. The van der Waals surface area contributed by atoms with Crippen LogP contribution in [-0.2, 0) is 0 Å². The van der Waals surface area contributed by atoms with Crippen LogP contribution >= 0.6 is 11.6 Å². The van der Waals surface area contributed by atoms with Gasteiger partial charge < -0.3 is 4.90 Å². The highest BCUT2D eigenvalue weighted by Gasteiger charge is 2.15. The monoisotopic (exact) mass is 305 g/mol. The van der Waals surface area contributed by atoms with Crippen molar-refractivity contribution >= 4 is 17.3 Å². The molecule has 0 radical (unpaired) electrons. The lowest BCUT2D eigenvalue weighted by Crippen LogP contribution is -2.22. The molecule has 0 N–H and O–H groups in total. The molecular formula is C20H16ClN. The second-order valence-corrected chi connectivity index (χ2v) is 5.38. The fraction of sp³-hybridized carbons (Fsp3) is 0.100. The Morgan fingerprint density at radius 1 is 1.05 bits per heavy atom. The van der Waals surface area contributed by atoms with Gasteiger partial charge in [0.1, 0.15) is 5.16 Å². The summed E-state index contributed by atoms with van der Waals surface area (Å²) in [4.78, 5) is 2.11. The lowest BCUT2D eigenvalue weighted by molar-refractivity contribution is 1.05. The quantitative estimate of drug-likeness (QED) is 0.546. The molecule has 0 unspecified atom stereocenters. The molecule has 0 fully saturated rings. The standard InChI is InChI=1S/C20H16ClN/c1-2-7-16-11-13-17(14-12-16)18-8-3-4-9-19(18)22-15-6-5-10-20(22)21/h3-6,8-14H,15H2,1H3. The van der Waals surface area contributed by atoms with E-state index in [4.69, 9.17) is 11.6 Å². The Morgan fingerprint density at radius 3 is 2.55 bits per heavy atom. The Morgan fingerprint density at radius 2 is 1.82 bits per heavy atom. The summed E-state index contributed by atoms with van der Waals surface area (Å²) in [5, 5.41) is 0.739. The fourth-order valence-electron chi connectivity index (χ4n) is 2.53. The van der Waals surface area contributed by atoms with Gasteiger partial charge in [0.2, 0.25) is 0 Å². The first-order chi connectivity index (χ1) is 10.8. The van der Waals surface area contributed by atoms with E-state index in [1.165, 1.54) is 5.56 Å². The molecular weight excluding hydrogens is 290 g/mol. The Labute approximate surface area is 136 Å². The summed E-state index contributed by atoms with van der Waals surface area (Å²) in [7, 11) is 0. The summed E-state index contributed by atoms with van der Waals surface area (Å²) in [5.41, 5.74) is 4.47. The third-order valence-corrected chi connectivity index (χ3v) is 3.91. The van der Waals surface area contributed by atoms with Gasteiger partial charge in [-0.3, -0.25) is 0 Å². The molecule has 0 bridgehead atoms. The van der Waals surface area contributed by atoms with Crippen molar-refractivity contribution in [3.63, 3.8) is 0 Å².